The number of hydrogen-bond acceptors (Lipinski definition) is 3. The second-order valence-corrected chi connectivity index (χ2v) is 7.49. The third-order valence-corrected chi connectivity index (χ3v) is 6.03. The van der Waals surface area contributed by atoms with Crippen molar-refractivity contribution in [3.05, 3.63) is 0 Å². The van der Waals surface area contributed by atoms with Crippen molar-refractivity contribution in [1.29, 1.82) is 0 Å². The molecule has 3 rings (SSSR count). The number of amides is 1. The monoisotopic (exact) mass is 293 g/mol. The Morgan fingerprint density at radius 3 is 2.57 bits per heavy atom. The van der Waals surface area contributed by atoms with Crippen LogP contribution in [0.5, 0.6) is 0 Å². The molecule has 1 amide bonds. The maximum absolute atomic E-state index is 12.4. The third kappa shape index (κ3) is 3.78. The van der Waals surface area contributed by atoms with E-state index in [0.717, 1.165) is 44.8 Å². The van der Waals surface area contributed by atoms with Crippen LogP contribution in [0.15, 0.2) is 0 Å². The molecule has 0 radical (unpaired) electrons. The summed E-state index contributed by atoms with van der Waals surface area (Å²) in [6.45, 7) is 3.13. The van der Waals surface area contributed by atoms with Crippen LogP contribution in [0.2, 0.25) is 0 Å². The SMILES string of the molecule is NC1C2CCCC1CC(C(=O)NCCC1CCCNC1)C2. The van der Waals surface area contributed by atoms with Crippen LogP contribution >= 0.6 is 0 Å². The number of nitrogens with two attached hydrogens (primary N) is 1. The summed E-state index contributed by atoms with van der Waals surface area (Å²) in [6.07, 6.45) is 9.53. The van der Waals surface area contributed by atoms with E-state index in [9.17, 15) is 4.79 Å². The van der Waals surface area contributed by atoms with E-state index in [1.165, 1.54) is 32.1 Å². The number of hydrogen-bond donors (Lipinski definition) is 3. The van der Waals surface area contributed by atoms with Gasteiger partial charge in [-0.25, -0.2) is 0 Å². The van der Waals surface area contributed by atoms with Gasteiger partial charge in [0.05, 0.1) is 0 Å². The molecule has 2 saturated carbocycles. The average molecular weight is 293 g/mol. The maximum atomic E-state index is 12.4. The van der Waals surface area contributed by atoms with Crippen molar-refractivity contribution in [1.82, 2.24) is 10.6 Å². The molecule has 0 spiro atoms. The first-order valence-corrected chi connectivity index (χ1v) is 8.98. The zero-order chi connectivity index (χ0) is 14.7. The van der Waals surface area contributed by atoms with Crippen LogP contribution in [-0.2, 0) is 4.79 Å². The molecule has 3 atom stereocenters. The molecule has 4 nitrogen and oxygen atoms in total. The quantitative estimate of drug-likeness (QED) is 0.738. The van der Waals surface area contributed by atoms with Crippen molar-refractivity contribution in [2.45, 2.75) is 57.4 Å². The van der Waals surface area contributed by atoms with E-state index < -0.39 is 0 Å². The molecule has 3 fully saturated rings. The standard InChI is InChI=1S/C17H31N3O/c18-16-13-4-1-5-14(16)10-15(9-13)17(21)20-8-6-12-3-2-7-19-11-12/h12-16,19H,1-11,18H2,(H,20,21). The lowest BCUT2D eigenvalue weighted by atomic mass is 9.65. The highest BCUT2D eigenvalue weighted by Gasteiger charge is 2.40. The molecule has 2 aliphatic carbocycles. The minimum atomic E-state index is 0.226. The summed E-state index contributed by atoms with van der Waals surface area (Å²) >= 11 is 0. The Labute approximate surface area is 128 Å². The van der Waals surface area contributed by atoms with Crippen LogP contribution < -0.4 is 16.4 Å². The predicted molar refractivity (Wildman–Crippen MR) is 84.8 cm³/mol. The Bertz CT molecular complexity index is 340. The summed E-state index contributed by atoms with van der Waals surface area (Å²) in [5.41, 5.74) is 6.31. The molecule has 4 heteroatoms. The van der Waals surface area contributed by atoms with Crippen LogP contribution in [0.1, 0.15) is 51.4 Å². The van der Waals surface area contributed by atoms with Gasteiger partial charge in [0, 0.05) is 18.5 Å². The summed E-state index contributed by atoms with van der Waals surface area (Å²) in [7, 11) is 0. The van der Waals surface area contributed by atoms with E-state index in [4.69, 9.17) is 5.73 Å². The molecule has 0 aromatic carbocycles. The van der Waals surface area contributed by atoms with E-state index >= 15 is 0 Å². The molecule has 3 unspecified atom stereocenters. The Morgan fingerprint density at radius 2 is 1.90 bits per heavy atom. The fourth-order valence-corrected chi connectivity index (χ4v) is 4.72. The number of nitrogens with one attached hydrogen (secondary N) is 2. The summed E-state index contributed by atoms with van der Waals surface area (Å²) in [6, 6.07) is 0.358. The third-order valence-electron chi connectivity index (χ3n) is 6.03. The highest BCUT2D eigenvalue weighted by atomic mass is 16.1. The molecule has 0 aromatic rings. The van der Waals surface area contributed by atoms with Crippen molar-refractivity contribution in [2.75, 3.05) is 19.6 Å². The van der Waals surface area contributed by atoms with Gasteiger partial charge >= 0.3 is 0 Å². The van der Waals surface area contributed by atoms with Gasteiger partial charge in [-0.15, -0.1) is 0 Å². The van der Waals surface area contributed by atoms with E-state index in [-0.39, 0.29) is 5.92 Å². The predicted octanol–water partition coefficient (Wildman–Crippen LogP) is 1.65. The lowest BCUT2D eigenvalue weighted by Crippen LogP contribution is -2.49. The summed E-state index contributed by atoms with van der Waals surface area (Å²) < 4.78 is 0. The number of rotatable bonds is 4. The van der Waals surface area contributed by atoms with Gasteiger partial charge in [-0.1, -0.05) is 6.42 Å². The zero-order valence-corrected chi connectivity index (χ0v) is 13.2. The van der Waals surface area contributed by atoms with Gasteiger partial charge in [-0.2, -0.15) is 0 Å². The number of fused-ring (bicyclic) bond motifs is 2. The Kier molecular flexibility index (Phi) is 5.17. The van der Waals surface area contributed by atoms with Gasteiger partial charge in [0.1, 0.15) is 0 Å². The average Bonchev–Trinajstić information content (AvgIpc) is 2.48. The molecule has 120 valence electrons. The molecule has 1 saturated heterocycles. The first-order valence-electron chi connectivity index (χ1n) is 8.98. The molecular weight excluding hydrogens is 262 g/mol. The van der Waals surface area contributed by atoms with E-state index in [1.54, 1.807) is 0 Å². The van der Waals surface area contributed by atoms with E-state index in [2.05, 4.69) is 10.6 Å². The fourth-order valence-electron chi connectivity index (χ4n) is 4.72. The van der Waals surface area contributed by atoms with Crippen molar-refractivity contribution in [3.63, 3.8) is 0 Å². The second-order valence-electron chi connectivity index (χ2n) is 7.49. The minimum absolute atomic E-state index is 0.226. The second kappa shape index (κ2) is 7.10. The topological polar surface area (TPSA) is 67.2 Å². The minimum Gasteiger partial charge on any atom is -0.356 e. The van der Waals surface area contributed by atoms with E-state index in [1.807, 2.05) is 0 Å². The molecule has 21 heavy (non-hydrogen) atoms. The van der Waals surface area contributed by atoms with Crippen LogP contribution in [-0.4, -0.2) is 31.6 Å². The first-order chi connectivity index (χ1) is 10.2. The fraction of sp³-hybridized carbons (Fsp3) is 0.941. The number of piperidine rings is 1. The molecular formula is C17H31N3O. The Balaban J connectivity index is 1.41. The number of carbonyl (C=O) groups excluding carboxylic acids is 1. The smallest absolute Gasteiger partial charge is 0.223 e. The van der Waals surface area contributed by atoms with Gasteiger partial charge in [0.25, 0.3) is 0 Å². The van der Waals surface area contributed by atoms with Crippen LogP contribution in [0.4, 0.5) is 0 Å². The van der Waals surface area contributed by atoms with Gasteiger partial charge < -0.3 is 16.4 Å². The largest absolute Gasteiger partial charge is 0.356 e. The lowest BCUT2D eigenvalue weighted by Gasteiger charge is -2.43. The van der Waals surface area contributed by atoms with Crippen LogP contribution in [0, 0.1) is 23.7 Å². The zero-order valence-electron chi connectivity index (χ0n) is 13.2. The highest BCUT2D eigenvalue weighted by Crippen LogP contribution is 2.41. The van der Waals surface area contributed by atoms with Crippen molar-refractivity contribution >= 4 is 5.91 Å². The normalized spacial score (nSPS) is 39.8. The van der Waals surface area contributed by atoms with Gasteiger partial charge in [0.15, 0.2) is 0 Å². The molecule has 0 aromatic heterocycles. The summed E-state index contributed by atoms with van der Waals surface area (Å²) in [5.74, 6) is 2.46. The molecule has 4 N–H and O–H groups in total. The van der Waals surface area contributed by atoms with Crippen molar-refractivity contribution in [3.8, 4) is 0 Å². The van der Waals surface area contributed by atoms with Gasteiger partial charge in [0.2, 0.25) is 5.91 Å². The van der Waals surface area contributed by atoms with Gasteiger partial charge in [-0.05, 0) is 75.8 Å². The Hall–Kier alpha value is -0.610. The number of carbonyl (C=O) groups is 1. The Morgan fingerprint density at radius 1 is 1.14 bits per heavy atom. The highest BCUT2D eigenvalue weighted by molar-refractivity contribution is 5.78. The van der Waals surface area contributed by atoms with Crippen LogP contribution in [0.25, 0.3) is 0 Å². The maximum Gasteiger partial charge on any atom is 0.223 e. The summed E-state index contributed by atoms with van der Waals surface area (Å²) in [4.78, 5) is 12.4. The molecule has 2 bridgehead atoms. The van der Waals surface area contributed by atoms with Crippen LogP contribution in [0.3, 0.4) is 0 Å². The molecule has 3 aliphatic rings. The van der Waals surface area contributed by atoms with Gasteiger partial charge in [-0.3, -0.25) is 4.79 Å². The van der Waals surface area contributed by atoms with Crippen molar-refractivity contribution < 1.29 is 4.79 Å². The lowest BCUT2D eigenvalue weighted by molar-refractivity contribution is -0.127. The first kappa shape index (κ1) is 15.3. The van der Waals surface area contributed by atoms with E-state index in [0.29, 0.717) is 23.8 Å². The summed E-state index contributed by atoms with van der Waals surface area (Å²) in [5, 5.41) is 6.64. The molecule has 1 aliphatic heterocycles. The molecule has 1 heterocycles. The van der Waals surface area contributed by atoms with Crippen molar-refractivity contribution in [2.24, 2.45) is 29.4 Å².